The Balaban J connectivity index is 1.96. The largest absolute Gasteiger partial charge is 0.497 e. The maximum Gasteiger partial charge on any atom is 0.334 e. The molecule has 0 saturated carbocycles. The number of hydrogen-bond acceptors (Lipinski definition) is 6. The molecule has 156 valence electrons. The number of rotatable bonds is 6. The normalized spacial score (nSPS) is 13.7. The second kappa shape index (κ2) is 8.65. The van der Waals surface area contributed by atoms with Crippen LogP contribution in [0.2, 0.25) is 5.02 Å². The highest BCUT2D eigenvalue weighted by Gasteiger charge is 2.27. The van der Waals surface area contributed by atoms with Gasteiger partial charge in [0.25, 0.3) is 0 Å². The zero-order chi connectivity index (χ0) is 21.1. The smallest absolute Gasteiger partial charge is 0.334 e. The summed E-state index contributed by atoms with van der Waals surface area (Å²) >= 11 is 6.08. The van der Waals surface area contributed by atoms with Gasteiger partial charge in [0.15, 0.2) is 0 Å². The molecule has 0 fully saturated rings. The number of esters is 1. The highest BCUT2D eigenvalue weighted by molar-refractivity contribution is 6.32. The lowest BCUT2D eigenvalue weighted by atomic mass is 9.95. The Kier molecular flexibility index (Phi) is 6.22. The van der Waals surface area contributed by atoms with Crippen LogP contribution in [0.4, 0.5) is 4.39 Å². The molecule has 29 heavy (non-hydrogen) atoms. The Morgan fingerprint density at radius 3 is 2.34 bits per heavy atom. The van der Waals surface area contributed by atoms with E-state index < -0.39 is 11.8 Å². The van der Waals surface area contributed by atoms with Gasteiger partial charge >= 0.3 is 5.97 Å². The van der Waals surface area contributed by atoms with E-state index in [4.69, 9.17) is 21.1 Å². The molecule has 0 amide bonds. The number of carbonyl (C=O) groups excluding carboxylic acids is 1. The lowest BCUT2D eigenvalue weighted by molar-refractivity contribution is -0.135. The second-order valence-corrected chi connectivity index (χ2v) is 6.91. The molecule has 0 aliphatic heterocycles. The van der Waals surface area contributed by atoms with Crippen LogP contribution in [-0.2, 0) is 27.1 Å². The summed E-state index contributed by atoms with van der Waals surface area (Å²) in [5.74, 6) is -1.51. The van der Waals surface area contributed by atoms with E-state index >= 15 is 0 Å². The van der Waals surface area contributed by atoms with Crippen molar-refractivity contribution in [1.29, 1.82) is 0 Å². The van der Waals surface area contributed by atoms with Crippen molar-refractivity contribution < 1.29 is 33.6 Å². The number of ether oxygens (including phenoxy) is 3. The van der Waals surface area contributed by atoms with Crippen LogP contribution in [-0.4, -0.2) is 41.6 Å². The van der Waals surface area contributed by atoms with E-state index in [2.05, 4.69) is 4.74 Å². The Bertz CT molecular complexity index is 939. The molecule has 0 saturated heterocycles. The van der Waals surface area contributed by atoms with Crippen LogP contribution < -0.4 is 4.74 Å². The average Bonchev–Trinajstić information content (AvgIpc) is 2.97. The molecule has 2 aromatic rings. The first-order valence-electron chi connectivity index (χ1n) is 8.96. The minimum absolute atomic E-state index is 0.0179. The molecule has 0 spiro atoms. The molecule has 1 aliphatic rings. The molecule has 7 nitrogen and oxygen atoms in total. The quantitative estimate of drug-likeness (QED) is 0.417. The fourth-order valence-corrected chi connectivity index (χ4v) is 3.50. The summed E-state index contributed by atoms with van der Waals surface area (Å²) < 4.78 is 30.8. The van der Waals surface area contributed by atoms with Gasteiger partial charge in [-0.1, -0.05) is 11.6 Å². The first-order chi connectivity index (χ1) is 13.9. The van der Waals surface area contributed by atoms with Crippen molar-refractivity contribution in [3.63, 3.8) is 0 Å². The van der Waals surface area contributed by atoms with E-state index in [1.807, 2.05) is 0 Å². The molecule has 1 aromatic carbocycles. The minimum Gasteiger partial charge on any atom is -0.497 e. The van der Waals surface area contributed by atoms with Crippen LogP contribution in [0.25, 0.3) is 5.69 Å². The standard InChI is InChI=1S/C20H21ClFNO6/c1-27-11(7-18(24)28-2)10-29-17-9-16(15(22)8-14(17)21)23-19(25)12-5-3-4-6-13(12)20(23)26/h7-9,25-26H,3-6,10H2,1-2H3. The van der Waals surface area contributed by atoms with E-state index in [0.29, 0.717) is 24.0 Å². The molecule has 2 N–H and O–H groups in total. The highest BCUT2D eigenvalue weighted by Crippen LogP contribution is 2.42. The number of hydrogen-bond donors (Lipinski definition) is 2. The summed E-state index contributed by atoms with van der Waals surface area (Å²) in [6.45, 7) is -0.170. The molecule has 0 atom stereocenters. The summed E-state index contributed by atoms with van der Waals surface area (Å²) in [6.07, 6.45) is 4.09. The van der Waals surface area contributed by atoms with Crippen LogP contribution in [0, 0.1) is 5.82 Å². The molecule has 1 aromatic heterocycles. The van der Waals surface area contributed by atoms with Crippen molar-refractivity contribution >= 4 is 17.6 Å². The Labute approximate surface area is 171 Å². The predicted molar refractivity (Wildman–Crippen MR) is 103 cm³/mol. The first kappa shape index (κ1) is 20.9. The second-order valence-electron chi connectivity index (χ2n) is 6.51. The lowest BCUT2D eigenvalue weighted by Crippen LogP contribution is -2.08. The molecule has 0 radical (unpaired) electrons. The molecule has 9 heteroatoms. The van der Waals surface area contributed by atoms with Gasteiger partial charge in [0.2, 0.25) is 11.8 Å². The Morgan fingerprint density at radius 1 is 1.17 bits per heavy atom. The summed E-state index contributed by atoms with van der Waals surface area (Å²) in [4.78, 5) is 11.3. The third kappa shape index (κ3) is 4.12. The lowest BCUT2D eigenvalue weighted by Gasteiger charge is -2.14. The van der Waals surface area contributed by atoms with Gasteiger partial charge in [0, 0.05) is 17.2 Å². The van der Waals surface area contributed by atoms with Gasteiger partial charge in [0.1, 0.15) is 23.9 Å². The van der Waals surface area contributed by atoms with Crippen molar-refractivity contribution in [2.45, 2.75) is 25.7 Å². The molecular formula is C20H21ClFNO6. The monoisotopic (exact) mass is 425 g/mol. The number of aromatic hydroxyl groups is 2. The molecule has 0 unspecified atom stereocenters. The van der Waals surface area contributed by atoms with Gasteiger partial charge in [-0.25, -0.2) is 13.8 Å². The third-order valence-corrected chi connectivity index (χ3v) is 5.08. The van der Waals surface area contributed by atoms with E-state index in [0.717, 1.165) is 29.6 Å². The van der Waals surface area contributed by atoms with Gasteiger partial charge in [-0.3, -0.25) is 0 Å². The SMILES string of the molecule is COC(=O)C=C(COc1cc(-n2c(O)c3c(c2O)CCCC3)c(F)cc1Cl)OC. The summed E-state index contributed by atoms with van der Waals surface area (Å²) in [7, 11) is 2.59. The van der Waals surface area contributed by atoms with E-state index in [1.54, 1.807) is 0 Å². The number of fused-ring (bicyclic) bond motifs is 1. The van der Waals surface area contributed by atoms with Crippen molar-refractivity contribution in [3.8, 4) is 23.2 Å². The Morgan fingerprint density at radius 2 is 1.79 bits per heavy atom. The van der Waals surface area contributed by atoms with Crippen LogP contribution in [0.1, 0.15) is 24.0 Å². The zero-order valence-electron chi connectivity index (χ0n) is 16.0. The van der Waals surface area contributed by atoms with Gasteiger partial charge in [0.05, 0.1) is 31.0 Å². The summed E-state index contributed by atoms with van der Waals surface area (Å²) in [5.41, 5.74) is 1.13. The predicted octanol–water partition coefficient (Wildman–Crippen LogP) is 3.64. The minimum atomic E-state index is -0.739. The number of aromatic nitrogens is 1. The summed E-state index contributed by atoms with van der Waals surface area (Å²) in [6, 6.07) is 2.30. The van der Waals surface area contributed by atoms with Gasteiger partial charge < -0.3 is 24.4 Å². The van der Waals surface area contributed by atoms with Crippen LogP contribution in [0.5, 0.6) is 17.5 Å². The van der Waals surface area contributed by atoms with E-state index in [1.165, 1.54) is 20.3 Å². The molecule has 0 bridgehead atoms. The van der Waals surface area contributed by atoms with E-state index in [9.17, 15) is 19.4 Å². The third-order valence-electron chi connectivity index (χ3n) is 4.79. The maximum atomic E-state index is 14.6. The molecule has 1 aliphatic carbocycles. The molecular weight excluding hydrogens is 405 g/mol. The van der Waals surface area contributed by atoms with Crippen molar-refractivity contribution in [2.75, 3.05) is 20.8 Å². The number of halogens is 2. The fraction of sp³-hybridized carbons (Fsp3) is 0.350. The average molecular weight is 426 g/mol. The van der Waals surface area contributed by atoms with Crippen LogP contribution >= 0.6 is 11.6 Å². The number of benzene rings is 1. The van der Waals surface area contributed by atoms with Gasteiger partial charge in [-0.15, -0.1) is 0 Å². The molecule has 3 rings (SSSR count). The van der Waals surface area contributed by atoms with Crippen LogP contribution in [0.15, 0.2) is 24.0 Å². The maximum absolute atomic E-state index is 14.6. The zero-order valence-corrected chi connectivity index (χ0v) is 16.8. The summed E-state index contributed by atoms with van der Waals surface area (Å²) in [5, 5.41) is 21.1. The highest BCUT2D eigenvalue weighted by atomic mass is 35.5. The van der Waals surface area contributed by atoms with Gasteiger partial charge in [-0.05, 0) is 31.7 Å². The first-order valence-corrected chi connectivity index (χ1v) is 9.34. The van der Waals surface area contributed by atoms with Crippen molar-refractivity contribution in [3.05, 3.63) is 45.9 Å². The van der Waals surface area contributed by atoms with Gasteiger partial charge in [-0.2, -0.15) is 0 Å². The topological polar surface area (TPSA) is 90.2 Å². The fourth-order valence-electron chi connectivity index (χ4n) is 3.30. The number of carbonyl (C=O) groups is 1. The van der Waals surface area contributed by atoms with E-state index in [-0.39, 0.29) is 40.6 Å². The van der Waals surface area contributed by atoms with Crippen molar-refractivity contribution in [2.24, 2.45) is 0 Å². The Hall–Kier alpha value is -2.87. The number of methoxy groups -OCH3 is 2. The van der Waals surface area contributed by atoms with Crippen LogP contribution in [0.3, 0.4) is 0 Å². The number of nitrogens with zero attached hydrogens (tertiary/aromatic N) is 1. The van der Waals surface area contributed by atoms with Crippen molar-refractivity contribution in [1.82, 2.24) is 4.57 Å². The molecule has 1 heterocycles.